The summed E-state index contributed by atoms with van der Waals surface area (Å²) in [6, 6.07) is 8.59. The molecule has 1 unspecified atom stereocenters. The number of fused-ring (bicyclic) bond motifs is 1. The van der Waals surface area contributed by atoms with Gasteiger partial charge in [-0.05, 0) is 42.7 Å². The van der Waals surface area contributed by atoms with Crippen LogP contribution in [0.15, 0.2) is 47.7 Å². The number of aryl methyl sites for hydroxylation is 1. The van der Waals surface area contributed by atoms with Crippen LogP contribution in [-0.4, -0.2) is 16.7 Å². The van der Waals surface area contributed by atoms with Gasteiger partial charge in [-0.1, -0.05) is 24.3 Å². The van der Waals surface area contributed by atoms with Crippen molar-refractivity contribution in [1.82, 2.24) is 4.98 Å². The number of pyridine rings is 1. The van der Waals surface area contributed by atoms with E-state index in [9.17, 15) is 0 Å². The largest absolute Gasteiger partial charge is 0.328 e. The van der Waals surface area contributed by atoms with Gasteiger partial charge in [-0.25, -0.2) is 0 Å². The summed E-state index contributed by atoms with van der Waals surface area (Å²) in [5, 5.41) is 0. The number of nitrogens with two attached hydrogens (primary N) is 1. The van der Waals surface area contributed by atoms with Crippen LogP contribution in [0.1, 0.15) is 30.9 Å². The summed E-state index contributed by atoms with van der Waals surface area (Å²) < 4.78 is 0. The number of allylic oxidation sites excluding steroid dienone is 1. The number of aromatic nitrogens is 1. The lowest BCUT2D eigenvalue weighted by atomic mass is 10.0. The second-order valence-electron chi connectivity index (χ2n) is 5.93. The molecule has 1 aromatic heterocycles. The number of benzene rings is 1. The average molecular weight is 291 g/mol. The van der Waals surface area contributed by atoms with E-state index in [-0.39, 0.29) is 6.04 Å². The molecule has 2 aromatic rings. The summed E-state index contributed by atoms with van der Waals surface area (Å²) in [7, 11) is 0. The smallest absolute Gasteiger partial charge is 0.0707 e. The number of hydrogen-bond donors (Lipinski definition) is 1. The van der Waals surface area contributed by atoms with Crippen LogP contribution in [-0.2, 0) is 0 Å². The monoisotopic (exact) mass is 291 g/mol. The van der Waals surface area contributed by atoms with Gasteiger partial charge in [0.2, 0.25) is 0 Å². The van der Waals surface area contributed by atoms with E-state index in [1.807, 2.05) is 25.4 Å². The fourth-order valence-electron chi connectivity index (χ4n) is 2.75. The van der Waals surface area contributed by atoms with Crippen LogP contribution in [0.4, 0.5) is 5.69 Å². The highest BCUT2D eigenvalue weighted by Crippen LogP contribution is 2.31. The summed E-state index contributed by atoms with van der Waals surface area (Å²) in [6.45, 7) is 4.13. The Morgan fingerprint density at radius 3 is 2.91 bits per heavy atom. The topological polar surface area (TPSA) is 51.3 Å². The Bertz CT molecular complexity index is 742. The van der Waals surface area contributed by atoms with E-state index < -0.39 is 0 Å². The number of rotatable bonds is 3. The Kier molecular flexibility index (Phi) is 4.16. The third kappa shape index (κ3) is 3.15. The Balaban J connectivity index is 2.04. The molecule has 0 aliphatic carbocycles. The Labute approximate surface area is 131 Å². The number of hydrogen-bond acceptors (Lipinski definition) is 3. The fourth-order valence-corrected chi connectivity index (χ4v) is 2.75. The summed E-state index contributed by atoms with van der Waals surface area (Å²) in [4.78, 5) is 9.09. The van der Waals surface area contributed by atoms with Crippen molar-refractivity contribution in [3.8, 4) is 11.1 Å². The average Bonchev–Trinajstić information content (AvgIpc) is 2.68. The molecule has 1 aliphatic rings. The molecule has 1 aromatic carbocycles. The van der Waals surface area contributed by atoms with Crippen molar-refractivity contribution in [3.63, 3.8) is 0 Å². The molecular formula is C19H21N3. The lowest BCUT2D eigenvalue weighted by Gasteiger charge is -2.09. The van der Waals surface area contributed by atoms with E-state index in [4.69, 9.17) is 10.7 Å². The van der Waals surface area contributed by atoms with E-state index in [0.717, 1.165) is 40.9 Å². The van der Waals surface area contributed by atoms with Crippen molar-refractivity contribution < 1.29 is 0 Å². The Hall–Kier alpha value is -2.26. The van der Waals surface area contributed by atoms with Crippen LogP contribution in [0.5, 0.6) is 0 Å². The molecule has 0 saturated heterocycles. The van der Waals surface area contributed by atoms with E-state index in [0.29, 0.717) is 0 Å². The summed E-state index contributed by atoms with van der Waals surface area (Å²) in [6.07, 6.45) is 9.76. The predicted molar refractivity (Wildman–Crippen MR) is 93.4 cm³/mol. The molecular weight excluding hydrogens is 270 g/mol. The maximum absolute atomic E-state index is 5.92. The van der Waals surface area contributed by atoms with Crippen molar-refractivity contribution in [2.24, 2.45) is 10.7 Å². The highest BCUT2D eigenvalue weighted by Gasteiger charge is 2.10. The van der Waals surface area contributed by atoms with Gasteiger partial charge in [-0.3, -0.25) is 9.98 Å². The van der Waals surface area contributed by atoms with Gasteiger partial charge in [0.25, 0.3) is 0 Å². The molecule has 2 N–H and O–H groups in total. The maximum Gasteiger partial charge on any atom is 0.0707 e. The first-order chi connectivity index (χ1) is 10.6. The van der Waals surface area contributed by atoms with E-state index in [2.05, 4.69) is 42.3 Å². The highest BCUT2D eigenvalue weighted by atomic mass is 14.8. The standard InChI is InChI=1S/C19H21N3/c1-13-8-9-21-12-18(13)16-7-6-15-4-3-5-17(10-14(2)20)22-19(15)11-16/h3-4,6-9,11-12,14H,5,10,20H2,1-2H3. The van der Waals surface area contributed by atoms with Crippen LogP contribution in [0, 0.1) is 6.92 Å². The lowest BCUT2D eigenvalue weighted by molar-refractivity contribution is 0.773. The van der Waals surface area contributed by atoms with E-state index in [1.165, 1.54) is 5.56 Å². The summed E-state index contributed by atoms with van der Waals surface area (Å²) in [5.41, 5.74) is 12.8. The normalized spacial score (nSPS) is 15.0. The first-order valence-corrected chi connectivity index (χ1v) is 7.67. The molecule has 1 atom stereocenters. The van der Waals surface area contributed by atoms with Gasteiger partial charge in [0.1, 0.15) is 0 Å². The number of aliphatic imine (C=N–C) groups is 1. The fraction of sp³-hybridized carbons (Fsp3) is 0.263. The lowest BCUT2D eigenvalue weighted by Crippen LogP contribution is -2.19. The van der Waals surface area contributed by atoms with Crippen LogP contribution in [0.2, 0.25) is 0 Å². The molecule has 112 valence electrons. The molecule has 3 rings (SSSR count). The molecule has 3 nitrogen and oxygen atoms in total. The SMILES string of the molecule is Cc1ccncc1-c1ccc2c(c1)N=C(CC(C)N)CC=C2. The van der Waals surface area contributed by atoms with Crippen molar-refractivity contribution in [2.45, 2.75) is 32.7 Å². The van der Waals surface area contributed by atoms with Gasteiger partial charge in [0.05, 0.1) is 5.69 Å². The predicted octanol–water partition coefficient (Wildman–Crippen LogP) is 4.28. The third-order valence-corrected chi connectivity index (χ3v) is 3.87. The zero-order valence-corrected chi connectivity index (χ0v) is 13.1. The molecule has 1 aliphatic heterocycles. The van der Waals surface area contributed by atoms with Crippen LogP contribution < -0.4 is 5.73 Å². The van der Waals surface area contributed by atoms with Gasteiger partial charge in [0, 0.05) is 42.6 Å². The first kappa shape index (κ1) is 14.7. The molecule has 0 saturated carbocycles. The third-order valence-electron chi connectivity index (χ3n) is 3.87. The zero-order chi connectivity index (χ0) is 15.5. The minimum Gasteiger partial charge on any atom is -0.328 e. The van der Waals surface area contributed by atoms with Crippen molar-refractivity contribution >= 4 is 17.5 Å². The maximum atomic E-state index is 5.92. The van der Waals surface area contributed by atoms with Crippen molar-refractivity contribution in [1.29, 1.82) is 0 Å². The van der Waals surface area contributed by atoms with Gasteiger partial charge in [0.15, 0.2) is 0 Å². The molecule has 0 bridgehead atoms. The van der Waals surface area contributed by atoms with Crippen LogP contribution >= 0.6 is 0 Å². The van der Waals surface area contributed by atoms with Gasteiger partial charge in [-0.15, -0.1) is 0 Å². The quantitative estimate of drug-likeness (QED) is 0.917. The van der Waals surface area contributed by atoms with Crippen molar-refractivity contribution in [3.05, 3.63) is 53.9 Å². The second-order valence-corrected chi connectivity index (χ2v) is 5.93. The Morgan fingerprint density at radius 2 is 2.14 bits per heavy atom. The highest BCUT2D eigenvalue weighted by molar-refractivity contribution is 5.92. The molecule has 2 heterocycles. The summed E-state index contributed by atoms with van der Waals surface area (Å²) in [5.74, 6) is 0. The molecule has 0 radical (unpaired) electrons. The summed E-state index contributed by atoms with van der Waals surface area (Å²) >= 11 is 0. The Morgan fingerprint density at radius 1 is 1.27 bits per heavy atom. The first-order valence-electron chi connectivity index (χ1n) is 7.67. The van der Waals surface area contributed by atoms with Gasteiger partial charge < -0.3 is 5.73 Å². The minimum absolute atomic E-state index is 0.137. The zero-order valence-electron chi connectivity index (χ0n) is 13.1. The van der Waals surface area contributed by atoms with Gasteiger partial charge in [-0.2, -0.15) is 0 Å². The van der Waals surface area contributed by atoms with Crippen molar-refractivity contribution in [2.75, 3.05) is 0 Å². The molecule has 0 spiro atoms. The van der Waals surface area contributed by atoms with E-state index in [1.54, 1.807) is 0 Å². The van der Waals surface area contributed by atoms with Crippen LogP contribution in [0.3, 0.4) is 0 Å². The second kappa shape index (κ2) is 6.24. The molecule has 0 amide bonds. The van der Waals surface area contributed by atoms with E-state index >= 15 is 0 Å². The molecule has 3 heteroatoms. The molecule has 0 fully saturated rings. The minimum atomic E-state index is 0.137. The van der Waals surface area contributed by atoms with Gasteiger partial charge >= 0.3 is 0 Å². The molecule has 22 heavy (non-hydrogen) atoms. The van der Waals surface area contributed by atoms with Crippen LogP contribution in [0.25, 0.3) is 17.2 Å². The number of nitrogens with zero attached hydrogens (tertiary/aromatic N) is 2.